The number of hydrogen-bond donors (Lipinski definition) is 1. The van der Waals surface area contributed by atoms with Crippen molar-refractivity contribution in [3.05, 3.63) is 99.0 Å². The zero-order valence-corrected chi connectivity index (χ0v) is 20.9. The molecule has 0 aromatic heterocycles. The third-order valence-corrected chi connectivity index (χ3v) is 6.15. The van der Waals surface area contributed by atoms with Crippen LogP contribution in [0.1, 0.15) is 18.1 Å². The van der Waals surface area contributed by atoms with Crippen molar-refractivity contribution in [2.75, 3.05) is 13.2 Å². The highest BCUT2D eigenvalue weighted by molar-refractivity contribution is 6.36. The van der Waals surface area contributed by atoms with Gasteiger partial charge in [-0.25, -0.2) is 0 Å². The molecule has 0 bridgehead atoms. The van der Waals surface area contributed by atoms with E-state index in [1.165, 1.54) is 4.90 Å². The van der Waals surface area contributed by atoms with Crippen LogP contribution in [0.5, 0.6) is 5.75 Å². The van der Waals surface area contributed by atoms with E-state index in [1.807, 2.05) is 37.3 Å². The predicted molar refractivity (Wildman–Crippen MR) is 137 cm³/mol. The number of ether oxygens (including phenoxy) is 1. The first-order valence-electron chi connectivity index (χ1n) is 10.8. The highest BCUT2D eigenvalue weighted by atomic mass is 35.5. The molecule has 3 aromatic carbocycles. The van der Waals surface area contributed by atoms with Crippen molar-refractivity contribution in [2.24, 2.45) is 0 Å². The molecular formula is C26H25Cl3N2O3. The van der Waals surface area contributed by atoms with Gasteiger partial charge >= 0.3 is 0 Å². The molecule has 0 aliphatic carbocycles. The van der Waals surface area contributed by atoms with Gasteiger partial charge in [0.05, 0.1) is 0 Å². The summed E-state index contributed by atoms with van der Waals surface area (Å²) in [5, 5.41) is 4.23. The van der Waals surface area contributed by atoms with Gasteiger partial charge in [0.15, 0.2) is 6.61 Å². The van der Waals surface area contributed by atoms with E-state index in [-0.39, 0.29) is 25.0 Å². The molecule has 5 nitrogen and oxygen atoms in total. The summed E-state index contributed by atoms with van der Waals surface area (Å²) in [7, 11) is 0. The first-order chi connectivity index (χ1) is 16.4. The van der Waals surface area contributed by atoms with E-state index in [4.69, 9.17) is 39.5 Å². The van der Waals surface area contributed by atoms with Gasteiger partial charge in [0.2, 0.25) is 5.91 Å². The molecule has 0 fully saturated rings. The Hall–Kier alpha value is -2.73. The summed E-state index contributed by atoms with van der Waals surface area (Å²) in [6.07, 6.45) is 0.321. The van der Waals surface area contributed by atoms with Crippen LogP contribution in [0.3, 0.4) is 0 Å². The Bertz CT molecular complexity index is 1090. The van der Waals surface area contributed by atoms with E-state index in [1.54, 1.807) is 42.5 Å². The van der Waals surface area contributed by atoms with Crippen molar-refractivity contribution in [2.45, 2.75) is 25.9 Å². The number of carbonyl (C=O) groups is 2. The lowest BCUT2D eigenvalue weighted by atomic mass is 10.0. The summed E-state index contributed by atoms with van der Waals surface area (Å²) >= 11 is 18.7. The Morgan fingerprint density at radius 1 is 0.912 bits per heavy atom. The molecule has 34 heavy (non-hydrogen) atoms. The fraction of sp³-hybridized carbons (Fsp3) is 0.231. The lowest BCUT2D eigenvalue weighted by Gasteiger charge is -2.32. The molecule has 0 saturated heterocycles. The molecule has 0 spiro atoms. The molecule has 3 rings (SSSR count). The summed E-state index contributed by atoms with van der Waals surface area (Å²) in [5.41, 5.74) is 1.48. The zero-order chi connectivity index (χ0) is 24.5. The van der Waals surface area contributed by atoms with Crippen LogP contribution in [0.25, 0.3) is 0 Å². The average molecular weight is 520 g/mol. The Kier molecular flexibility index (Phi) is 9.63. The van der Waals surface area contributed by atoms with Crippen LogP contribution < -0.4 is 10.1 Å². The number of hydrogen-bond acceptors (Lipinski definition) is 3. The second kappa shape index (κ2) is 12.7. The largest absolute Gasteiger partial charge is 0.484 e. The zero-order valence-electron chi connectivity index (χ0n) is 18.6. The van der Waals surface area contributed by atoms with Crippen molar-refractivity contribution in [1.82, 2.24) is 10.2 Å². The lowest BCUT2D eigenvalue weighted by molar-refractivity contribution is -0.142. The molecule has 0 aliphatic rings. The van der Waals surface area contributed by atoms with E-state index < -0.39 is 6.04 Å². The minimum absolute atomic E-state index is 0.0515. The molecule has 8 heteroatoms. The molecule has 0 unspecified atom stereocenters. The van der Waals surface area contributed by atoms with Gasteiger partial charge in [0.25, 0.3) is 5.91 Å². The summed E-state index contributed by atoms with van der Waals surface area (Å²) in [6, 6.07) is 20.6. The number of amides is 2. The molecule has 0 radical (unpaired) electrons. The van der Waals surface area contributed by atoms with Crippen LogP contribution in [-0.4, -0.2) is 35.9 Å². The predicted octanol–water partition coefficient (Wildman–Crippen LogP) is 5.80. The van der Waals surface area contributed by atoms with Gasteiger partial charge in [0.1, 0.15) is 11.8 Å². The number of benzene rings is 3. The first kappa shape index (κ1) is 25.9. The summed E-state index contributed by atoms with van der Waals surface area (Å²) in [4.78, 5) is 28.1. The molecular weight excluding hydrogens is 495 g/mol. The fourth-order valence-corrected chi connectivity index (χ4v) is 4.10. The highest BCUT2D eigenvalue weighted by Crippen LogP contribution is 2.27. The number of nitrogens with zero attached hydrogens (tertiary/aromatic N) is 1. The molecule has 2 amide bonds. The Labute approximate surface area is 214 Å². The van der Waals surface area contributed by atoms with Crippen LogP contribution in [0.4, 0.5) is 0 Å². The monoisotopic (exact) mass is 518 g/mol. The maximum absolute atomic E-state index is 13.5. The average Bonchev–Trinajstić information content (AvgIpc) is 2.83. The molecule has 1 atom stereocenters. The van der Waals surface area contributed by atoms with Crippen LogP contribution in [0.15, 0.2) is 72.8 Å². The summed E-state index contributed by atoms with van der Waals surface area (Å²) in [6.45, 7) is 2.04. The Balaban J connectivity index is 1.93. The second-order valence-electron chi connectivity index (χ2n) is 7.56. The van der Waals surface area contributed by atoms with E-state index in [0.717, 1.165) is 5.56 Å². The smallest absolute Gasteiger partial charge is 0.261 e. The van der Waals surface area contributed by atoms with Crippen LogP contribution in [0, 0.1) is 0 Å². The molecule has 0 saturated carbocycles. The van der Waals surface area contributed by atoms with Crippen molar-refractivity contribution in [3.63, 3.8) is 0 Å². The van der Waals surface area contributed by atoms with Gasteiger partial charge in [0, 0.05) is 40.1 Å². The summed E-state index contributed by atoms with van der Waals surface area (Å²) in [5.74, 6) is -0.154. The lowest BCUT2D eigenvalue weighted by Crippen LogP contribution is -2.51. The topological polar surface area (TPSA) is 58.6 Å². The van der Waals surface area contributed by atoms with E-state index in [9.17, 15) is 9.59 Å². The van der Waals surface area contributed by atoms with Gasteiger partial charge < -0.3 is 15.0 Å². The Morgan fingerprint density at radius 3 is 2.18 bits per heavy atom. The molecule has 0 heterocycles. The molecule has 0 aliphatic heterocycles. The number of likely N-dealkylation sites (N-methyl/N-ethyl adjacent to an activating group) is 1. The van der Waals surface area contributed by atoms with Crippen molar-refractivity contribution < 1.29 is 14.3 Å². The highest BCUT2D eigenvalue weighted by Gasteiger charge is 2.31. The van der Waals surface area contributed by atoms with Gasteiger partial charge in [-0.1, -0.05) is 71.2 Å². The van der Waals surface area contributed by atoms with E-state index >= 15 is 0 Å². The molecule has 1 N–H and O–H groups in total. The van der Waals surface area contributed by atoms with Crippen LogP contribution in [-0.2, 0) is 22.6 Å². The van der Waals surface area contributed by atoms with Crippen LogP contribution >= 0.6 is 34.8 Å². The third kappa shape index (κ3) is 7.13. The van der Waals surface area contributed by atoms with Gasteiger partial charge in [-0.2, -0.15) is 0 Å². The number of nitrogens with one attached hydrogen (secondary N) is 1. The van der Waals surface area contributed by atoms with E-state index in [2.05, 4.69) is 5.32 Å². The SMILES string of the molecule is CCNC(=O)[C@@H](Cc1ccccc1)N(Cc1c(Cl)cccc1Cl)C(=O)COc1ccc(Cl)cc1. The van der Waals surface area contributed by atoms with E-state index in [0.29, 0.717) is 39.3 Å². The maximum atomic E-state index is 13.5. The van der Waals surface area contributed by atoms with Crippen LogP contribution in [0.2, 0.25) is 15.1 Å². The quantitative estimate of drug-likeness (QED) is 0.368. The summed E-state index contributed by atoms with van der Waals surface area (Å²) < 4.78 is 5.69. The second-order valence-corrected chi connectivity index (χ2v) is 8.82. The number of carbonyl (C=O) groups excluding carboxylic acids is 2. The normalized spacial score (nSPS) is 11.5. The fourth-order valence-electron chi connectivity index (χ4n) is 3.46. The minimum Gasteiger partial charge on any atom is -0.484 e. The minimum atomic E-state index is -0.795. The van der Waals surface area contributed by atoms with Gasteiger partial charge in [-0.3, -0.25) is 9.59 Å². The third-order valence-electron chi connectivity index (χ3n) is 5.19. The number of halogens is 3. The van der Waals surface area contributed by atoms with Crippen molar-refractivity contribution in [1.29, 1.82) is 0 Å². The Morgan fingerprint density at radius 2 is 1.56 bits per heavy atom. The molecule has 178 valence electrons. The molecule has 3 aromatic rings. The number of rotatable bonds is 10. The first-order valence-corrected chi connectivity index (χ1v) is 11.9. The van der Waals surface area contributed by atoms with Crippen molar-refractivity contribution >= 4 is 46.6 Å². The van der Waals surface area contributed by atoms with Crippen molar-refractivity contribution in [3.8, 4) is 5.75 Å². The standard InChI is InChI=1S/C26H25Cl3N2O3/c1-2-30-26(33)24(15-18-7-4-3-5-8-18)31(16-21-22(28)9-6-10-23(21)29)25(32)17-34-20-13-11-19(27)12-14-20/h3-14,24H,2,15-17H2,1H3,(H,30,33)/t24-/m1/s1. The van der Waals surface area contributed by atoms with Gasteiger partial charge in [-0.15, -0.1) is 0 Å². The van der Waals surface area contributed by atoms with Gasteiger partial charge in [-0.05, 0) is 48.9 Å². The maximum Gasteiger partial charge on any atom is 0.261 e.